The molecule has 10 unspecified atom stereocenters. The van der Waals surface area contributed by atoms with Gasteiger partial charge in [0.05, 0.1) is 5.92 Å². The highest BCUT2D eigenvalue weighted by Gasteiger charge is 2.61. The lowest BCUT2D eigenvalue weighted by Gasteiger charge is -2.40. The minimum atomic E-state index is -0.167. The largest absolute Gasteiger partial charge is 0.459 e. The zero-order valence-electron chi connectivity index (χ0n) is 16.9. The van der Waals surface area contributed by atoms with Gasteiger partial charge in [-0.15, -0.1) is 0 Å². The molecule has 10 atom stereocenters. The van der Waals surface area contributed by atoms with Gasteiger partial charge in [-0.3, -0.25) is 4.79 Å². The van der Waals surface area contributed by atoms with Crippen molar-refractivity contribution in [3.63, 3.8) is 0 Å². The number of carbonyl (C=O) groups excluding carboxylic acids is 1. The van der Waals surface area contributed by atoms with Crippen molar-refractivity contribution >= 4 is 5.97 Å². The number of hydrogen-bond donors (Lipinski definition) is 0. The van der Waals surface area contributed by atoms with Crippen LogP contribution in [0.3, 0.4) is 0 Å². The first-order chi connectivity index (χ1) is 13.0. The molecule has 2 heteroatoms. The molecule has 4 fully saturated rings. The summed E-state index contributed by atoms with van der Waals surface area (Å²) in [6.45, 7) is 4.55. The highest BCUT2D eigenvalue weighted by atomic mass is 16.6. The Balaban J connectivity index is 1.14. The second-order valence-electron chi connectivity index (χ2n) is 11.1. The maximum Gasteiger partial charge on any atom is 0.309 e. The Bertz CT molecular complexity index is 720. The van der Waals surface area contributed by atoms with Crippen LogP contribution >= 0.6 is 0 Å². The first-order valence-electron chi connectivity index (χ1n) is 11.6. The van der Waals surface area contributed by atoms with E-state index in [4.69, 9.17) is 4.74 Å². The van der Waals surface area contributed by atoms with Crippen molar-refractivity contribution in [1.82, 2.24) is 0 Å². The topological polar surface area (TPSA) is 26.3 Å². The van der Waals surface area contributed by atoms with Crippen LogP contribution in [0, 0.1) is 53.3 Å². The Morgan fingerprint density at radius 1 is 1.11 bits per heavy atom. The molecule has 6 aliphatic rings. The maximum atomic E-state index is 13.3. The van der Waals surface area contributed by atoms with E-state index in [2.05, 4.69) is 32.1 Å². The predicted molar refractivity (Wildman–Crippen MR) is 106 cm³/mol. The third-order valence-electron chi connectivity index (χ3n) is 9.70. The Hall–Kier alpha value is -1.05. The molecule has 4 bridgehead atoms. The Morgan fingerprint density at radius 2 is 1.96 bits per heavy atom. The average Bonchev–Trinajstić information content (AvgIpc) is 3.42. The number of carbonyl (C=O) groups is 1. The van der Waals surface area contributed by atoms with Crippen molar-refractivity contribution in [1.29, 1.82) is 0 Å². The lowest BCUT2D eigenvalue weighted by atomic mass is 9.73. The number of ether oxygens (including phenoxy) is 1. The van der Waals surface area contributed by atoms with Gasteiger partial charge in [0.25, 0.3) is 0 Å². The van der Waals surface area contributed by atoms with Crippen LogP contribution in [0.25, 0.3) is 0 Å². The summed E-state index contributed by atoms with van der Waals surface area (Å²) in [6.07, 6.45) is 17.4. The van der Waals surface area contributed by atoms with E-state index < -0.39 is 0 Å². The van der Waals surface area contributed by atoms with Crippen molar-refractivity contribution in [3.8, 4) is 0 Å². The summed E-state index contributed by atoms with van der Waals surface area (Å²) in [4.78, 5) is 13.3. The van der Waals surface area contributed by atoms with Crippen molar-refractivity contribution in [3.05, 3.63) is 23.8 Å². The van der Waals surface area contributed by atoms with Gasteiger partial charge >= 0.3 is 5.97 Å². The minimum absolute atomic E-state index is 0.120. The van der Waals surface area contributed by atoms with Gasteiger partial charge in [0.15, 0.2) is 0 Å². The molecular weight excluding hydrogens is 332 g/mol. The van der Waals surface area contributed by atoms with Crippen LogP contribution in [0.15, 0.2) is 23.8 Å². The maximum absolute atomic E-state index is 13.3. The van der Waals surface area contributed by atoms with E-state index in [0.29, 0.717) is 29.6 Å². The summed E-state index contributed by atoms with van der Waals surface area (Å²) in [5, 5.41) is 0. The Morgan fingerprint density at radius 3 is 2.74 bits per heavy atom. The average molecular weight is 367 g/mol. The monoisotopic (exact) mass is 366 g/mol. The molecule has 0 amide bonds. The molecule has 0 radical (unpaired) electrons. The zero-order valence-corrected chi connectivity index (χ0v) is 16.9. The summed E-state index contributed by atoms with van der Waals surface area (Å²) >= 11 is 0. The van der Waals surface area contributed by atoms with Gasteiger partial charge in [-0.2, -0.15) is 0 Å². The smallest absolute Gasteiger partial charge is 0.309 e. The first-order valence-corrected chi connectivity index (χ1v) is 11.6. The third-order valence-corrected chi connectivity index (χ3v) is 9.70. The molecule has 146 valence electrons. The van der Waals surface area contributed by atoms with Crippen molar-refractivity contribution in [2.45, 2.75) is 70.8 Å². The van der Waals surface area contributed by atoms with E-state index in [-0.39, 0.29) is 17.5 Å². The number of rotatable bonds is 3. The van der Waals surface area contributed by atoms with E-state index in [1.54, 1.807) is 5.57 Å². The van der Waals surface area contributed by atoms with Crippen LogP contribution in [0.4, 0.5) is 0 Å². The SMILES string of the molecule is CC1CC(C2=CC3C=CC2C3)CC1C(=O)OC1(C)CC2CC1C1CCCC21. The van der Waals surface area contributed by atoms with Gasteiger partial charge in [0.2, 0.25) is 0 Å². The van der Waals surface area contributed by atoms with Crippen LogP contribution in [-0.4, -0.2) is 11.6 Å². The molecule has 0 aromatic carbocycles. The number of fused-ring (bicyclic) bond motifs is 7. The number of esters is 1. The van der Waals surface area contributed by atoms with Crippen molar-refractivity contribution in [2.24, 2.45) is 53.3 Å². The van der Waals surface area contributed by atoms with E-state index in [1.807, 2.05) is 0 Å². The van der Waals surface area contributed by atoms with Crippen LogP contribution in [0.1, 0.15) is 65.2 Å². The van der Waals surface area contributed by atoms with Gasteiger partial charge in [-0.05, 0) is 93.3 Å². The fourth-order valence-corrected chi connectivity index (χ4v) is 8.57. The van der Waals surface area contributed by atoms with Gasteiger partial charge in [-0.25, -0.2) is 0 Å². The Labute approximate surface area is 163 Å². The second-order valence-corrected chi connectivity index (χ2v) is 11.1. The molecule has 6 rings (SSSR count). The first kappa shape index (κ1) is 16.9. The predicted octanol–water partition coefficient (Wildman–Crippen LogP) is 5.54. The molecule has 0 aromatic rings. The quantitative estimate of drug-likeness (QED) is 0.484. The molecule has 0 spiro atoms. The second kappa shape index (κ2) is 5.74. The molecule has 6 aliphatic carbocycles. The van der Waals surface area contributed by atoms with Gasteiger partial charge < -0.3 is 4.74 Å². The highest BCUT2D eigenvalue weighted by Crippen LogP contribution is 2.63. The standard InChI is InChI=1S/C25H34O2/c1-14-8-17(22-10-15-6-7-16(22)9-15)11-21(14)24(26)27-25(2)13-18-12-23(25)20-5-3-4-19(18)20/h6-7,10,14-21,23H,3-5,8-9,11-13H2,1-2H3. The summed E-state index contributed by atoms with van der Waals surface area (Å²) in [7, 11) is 0. The van der Waals surface area contributed by atoms with Crippen LogP contribution in [0.5, 0.6) is 0 Å². The molecule has 4 saturated carbocycles. The Kier molecular flexibility index (Phi) is 3.58. The lowest BCUT2D eigenvalue weighted by Crippen LogP contribution is -2.44. The molecule has 0 aliphatic heterocycles. The third kappa shape index (κ3) is 2.40. The van der Waals surface area contributed by atoms with E-state index in [9.17, 15) is 4.79 Å². The molecule has 0 saturated heterocycles. The number of hydrogen-bond acceptors (Lipinski definition) is 2. The summed E-state index contributed by atoms with van der Waals surface area (Å²) < 4.78 is 6.40. The van der Waals surface area contributed by atoms with Gasteiger partial charge in [0, 0.05) is 5.92 Å². The van der Waals surface area contributed by atoms with E-state index in [1.165, 1.54) is 38.5 Å². The van der Waals surface area contributed by atoms with E-state index in [0.717, 1.165) is 30.6 Å². The lowest BCUT2D eigenvalue weighted by molar-refractivity contribution is -0.173. The van der Waals surface area contributed by atoms with Crippen molar-refractivity contribution < 1.29 is 9.53 Å². The van der Waals surface area contributed by atoms with Crippen LogP contribution in [-0.2, 0) is 9.53 Å². The normalized spacial score (nSPS) is 54.6. The fraction of sp³-hybridized carbons (Fsp3) is 0.800. The van der Waals surface area contributed by atoms with Crippen LogP contribution < -0.4 is 0 Å². The molecule has 0 heterocycles. The summed E-state index contributed by atoms with van der Waals surface area (Å²) in [5.41, 5.74) is 1.48. The minimum Gasteiger partial charge on any atom is -0.459 e. The zero-order chi connectivity index (χ0) is 18.3. The highest BCUT2D eigenvalue weighted by molar-refractivity contribution is 5.74. The fourth-order valence-electron chi connectivity index (χ4n) is 8.57. The molecule has 0 N–H and O–H groups in total. The van der Waals surface area contributed by atoms with E-state index >= 15 is 0 Å². The molecular formula is C25H34O2. The molecule has 0 aromatic heterocycles. The van der Waals surface area contributed by atoms with Crippen LogP contribution in [0.2, 0.25) is 0 Å². The summed E-state index contributed by atoms with van der Waals surface area (Å²) in [5.74, 6) is 5.96. The van der Waals surface area contributed by atoms with Gasteiger partial charge in [-0.1, -0.05) is 37.1 Å². The van der Waals surface area contributed by atoms with Gasteiger partial charge in [0.1, 0.15) is 5.60 Å². The molecule has 27 heavy (non-hydrogen) atoms. The number of allylic oxidation sites excluding steroid dienone is 4. The summed E-state index contributed by atoms with van der Waals surface area (Å²) in [6, 6.07) is 0. The van der Waals surface area contributed by atoms with Crippen molar-refractivity contribution in [2.75, 3.05) is 0 Å². The molecule has 2 nitrogen and oxygen atoms in total.